The first-order valence-corrected chi connectivity index (χ1v) is 9.75. The molecule has 1 amide bonds. The minimum absolute atomic E-state index is 0.0567. The summed E-state index contributed by atoms with van der Waals surface area (Å²) in [5.41, 5.74) is 1.91. The summed E-state index contributed by atoms with van der Waals surface area (Å²) in [6.07, 6.45) is 1.37. The van der Waals surface area contributed by atoms with Crippen molar-refractivity contribution < 1.29 is 9.18 Å². The van der Waals surface area contributed by atoms with Gasteiger partial charge < -0.3 is 4.90 Å². The number of aromatic nitrogens is 3. The summed E-state index contributed by atoms with van der Waals surface area (Å²) in [6, 6.07) is 8.50. The number of nitrogens with zero attached hydrogens (tertiary/aromatic N) is 4. The molecule has 29 heavy (non-hydrogen) atoms. The molecule has 0 saturated carbocycles. The van der Waals surface area contributed by atoms with Gasteiger partial charge in [0, 0.05) is 49.6 Å². The van der Waals surface area contributed by atoms with Gasteiger partial charge >= 0.3 is 0 Å². The van der Waals surface area contributed by atoms with Crippen molar-refractivity contribution in [3.63, 3.8) is 0 Å². The number of H-pyrrole nitrogens is 1. The van der Waals surface area contributed by atoms with E-state index in [0.717, 1.165) is 17.8 Å². The Balaban J connectivity index is 1.43. The van der Waals surface area contributed by atoms with Crippen molar-refractivity contribution >= 4 is 11.6 Å². The van der Waals surface area contributed by atoms with E-state index >= 15 is 0 Å². The second-order valence-corrected chi connectivity index (χ2v) is 8.18. The van der Waals surface area contributed by atoms with E-state index in [4.69, 9.17) is 0 Å². The van der Waals surface area contributed by atoms with Crippen LogP contribution in [0.5, 0.6) is 0 Å². The van der Waals surface area contributed by atoms with Gasteiger partial charge in [-0.1, -0.05) is 12.1 Å². The summed E-state index contributed by atoms with van der Waals surface area (Å²) >= 11 is 0. The third-order valence-electron chi connectivity index (χ3n) is 6.22. The van der Waals surface area contributed by atoms with Gasteiger partial charge in [-0.2, -0.15) is 0 Å². The minimum atomic E-state index is -0.385. The highest BCUT2D eigenvalue weighted by Crippen LogP contribution is 2.44. The van der Waals surface area contributed by atoms with Crippen LogP contribution in [0, 0.1) is 24.6 Å². The van der Waals surface area contributed by atoms with Crippen LogP contribution in [0.2, 0.25) is 0 Å². The molecule has 0 unspecified atom stereocenters. The Labute approximate surface area is 166 Å². The molecule has 1 aromatic carbocycles. The van der Waals surface area contributed by atoms with Gasteiger partial charge in [-0.3, -0.25) is 19.6 Å². The lowest BCUT2D eigenvalue weighted by Crippen LogP contribution is -2.37. The lowest BCUT2D eigenvalue weighted by molar-refractivity contribution is 0.0765. The van der Waals surface area contributed by atoms with Crippen molar-refractivity contribution in [2.24, 2.45) is 11.8 Å². The predicted octanol–water partition coefficient (Wildman–Crippen LogP) is 1.85. The molecule has 3 atom stereocenters. The summed E-state index contributed by atoms with van der Waals surface area (Å²) in [7, 11) is 2.04. The second kappa shape index (κ2) is 6.52. The topological polar surface area (TPSA) is 73.7 Å². The Morgan fingerprint density at radius 2 is 2.07 bits per heavy atom. The van der Waals surface area contributed by atoms with Gasteiger partial charge in [0.2, 0.25) is 0 Å². The number of hydrogen-bond donors (Lipinski definition) is 1. The Kier molecular flexibility index (Phi) is 4.06. The molecule has 2 saturated heterocycles. The molecule has 0 spiro atoms. The van der Waals surface area contributed by atoms with Crippen molar-refractivity contribution in [1.29, 1.82) is 0 Å². The zero-order chi connectivity index (χ0) is 20.3. The number of aromatic amines is 1. The maximum Gasteiger partial charge on any atom is 0.285 e. The van der Waals surface area contributed by atoms with E-state index in [0.29, 0.717) is 24.7 Å². The molecule has 2 fully saturated rings. The maximum atomic E-state index is 13.8. The molecule has 2 aliphatic heterocycles. The number of likely N-dealkylation sites (tertiary alicyclic amines) is 2. The molecule has 4 heterocycles. The molecule has 0 aliphatic carbocycles. The number of carbonyl (C=O) groups excluding carboxylic acids is 1. The third-order valence-corrected chi connectivity index (χ3v) is 6.22. The first kappa shape index (κ1) is 18.1. The van der Waals surface area contributed by atoms with Crippen LogP contribution in [0.4, 0.5) is 4.39 Å². The number of nitrogens with one attached hydrogen (secondary N) is 1. The van der Waals surface area contributed by atoms with E-state index in [2.05, 4.69) is 15.0 Å². The Morgan fingerprint density at radius 1 is 1.24 bits per heavy atom. The van der Waals surface area contributed by atoms with Crippen LogP contribution in [0.25, 0.3) is 5.65 Å². The highest BCUT2D eigenvalue weighted by molar-refractivity contribution is 5.94. The predicted molar refractivity (Wildman–Crippen MR) is 105 cm³/mol. The molecule has 0 radical (unpaired) electrons. The molecule has 5 rings (SSSR count). The van der Waals surface area contributed by atoms with Gasteiger partial charge in [-0.05, 0) is 37.6 Å². The molecule has 2 aliphatic rings. The molecular formula is C21H22FN5O2. The van der Waals surface area contributed by atoms with Gasteiger partial charge in [0.25, 0.3) is 11.5 Å². The van der Waals surface area contributed by atoms with E-state index in [1.54, 1.807) is 23.1 Å². The number of fused-ring (bicyclic) bond motifs is 2. The summed E-state index contributed by atoms with van der Waals surface area (Å²) in [5.74, 6) is -0.0413. The van der Waals surface area contributed by atoms with E-state index in [1.807, 2.05) is 20.0 Å². The van der Waals surface area contributed by atoms with Crippen LogP contribution in [-0.4, -0.2) is 57.0 Å². The average molecular weight is 395 g/mol. The van der Waals surface area contributed by atoms with E-state index in [-0.39, 0.29) is 34.8 Å². The van der Waals surface area contributed by atoms with Crippen molar-refractivity contribution in [2.45, 2.75) is 13.0 Å². The summed E-state index contributed by atoms with van der Waals surface area (Å²) in [5, 5.41) is 2.92. The van der Waals surface area contributed by atoms with Crippen LogP contribution in [0.1, 0.15) is 27.7 Å². The van der Waals surface area contributed by atoms with Gasteiger partial charge in [-0.15, -0.1) is 0 Å². The standard InChI is InChI=1S/C21H22FN5O2/c1-12-6-18-23-8-16(21(29)27(18)24-12)20(28)26-10-14-9-25(2)19(17(14)11-26)13-4-3-5-15(22)7-13/h3-8,14,17,19,24H,9-11H2,1-2H3/t14-,17+,19-/m0/s1. The lowest BCUT2D eigenvalue weighted by atomic mass is 9.89. The van der Waals surface area contributed by atoms with Gasteiger partial charge in [0.15, 0.2) is 5.65 Å². The van der Waals surface area contributed by atoms with E-state index < -0.39 is 0 Å². The quantitative estimate of drug-likeness (QED) is 0.719. The largest absolute Gasteiger partial charge is 0.338 e. The minimum Gasteiger partial charge on any atom is -0.338 e. The monoisotopic (exact) mass is 395 g/mol. The highest BCUT2D eigenvalue weighted by atomic mass is 19.1. The van der Waals surface area contributed by atoms with Gasteiger partial charge in [-0.25, -0.2) is 13.9 Å². The maximum absolute atomic E-state index is 13.8. The lowest BCUT2D eigenvalue weighted by Gasteiger charge is -2.26. The fraction of sp³-hybridized carbons (Fsp3) is 0.381. The second-order valence-electron chi connectivity index (χ2n) is 8.18. The fourth-order valence-corrected chi connectivity index (χ4v) is 5.01. The van der Waals surface area contributed by atoms with E-state index in [9.17, 15) is 14.0 Å². The van der Waals surface area contributed by atoms with Crippen LogP contribution >= 0.6 is 0 Å². The molecule has 3 aromatic rings. The number of aryl methyl sites for hydroxylation is 1. The van der Waals surface area contributed by atoms with E-state index in [1.165, 1.54) is 16.8 Å². The first-order valence-electron chi connectivity index (χ1n) is 9.75. The number of amides is 1. The van der Waals surface area contributed by atoms with Crippen molar-refractivity contribution in [3.8, 4) is 0 Å². The summed E-state index contributed by atoms with van der Waals surface area (Å²) in [6.45, 7) is 3.80. The van der Waals surface area contributed by atoms with Crippen molar-refractivity contribution in [2.75, 3.05) is 26.7 Å². The van der Waals surface area contributed by atoms with Crippen LogP contribution in [0.15, 0.2) is 41.3 Å². The third kappa shape index (κ3) is 2.86. The first-order chi connectivity index (χ1) is 13.9. The highest BCUT2D eigenvalue weighted by Gasteiger charge is 2.47. The fourth-order valence-electron chi connectivity index (χ4n) is 5.01. The molecule has 150 valence electrons. The zero-order valence-corrected chi connectivity index (χ0v) is 16.3. The zero-order valence-electron chi connectivity index (χ0n) is 16.3. The van der Waals surface area contributed by atoms with Crippen LogP contribution in [-0.2, 0) is 0 Å². The van der Waals surface area contributed by atoms with Crippen LogP contribution < -0.4 is 5.56 Å². The molecule has 8 heteroatoms. The SMILES string of the molecule is Cc1cc2ncc(C(=O)N3C[C@@H]4CN(C)[C@@H](c5cccc(F)c5)[C@@H]4C3)c(=O)n2[nH]1. The van der Waals surface area contributed by atoms with Crippen LogP contribution in [0.3, 0.4) is 0 Å². The molecule has 1 N–H and O–H groups in total. The number of carbonyl (C=O) groups is 1. The number of rotatable bonds is 2. The molecule has 0 bridgehead atoms. The number of benzene rings is 1. The van der Waals surface area contributed by atoms with Gasteiger partial charge in [0.1, 0.15) is 11.4 Å². The summed E-state index contributed by atoms with van der Waals surface area (Å²) in [4.78, 5) is 34.1. The Hall–Kier alpha value is -3.00. The molecular weight excluding hydrogens is 373 g/mol. The number of halogens is 1. The molecule has 7 nitrogen and oxygen atoms in total. The normalized spacial score (nSPS) is 24.4. The Morgan fingerprint density at radius 3 is 2.86 bits per heavy atom. The molecule has 2 aromatic heterocycles. The Bertz CT molecular complexity index is 1170. The summed E-state index contributed by atoms with van der Waals surface area (Å²) < 4.78 is 15.1. The van der Waals surface area contributed by atoms with Crippen molar-refractivity contribution in [3.05, 3.63) is 69.5 Å². The van der Waals surface area contributed by atoms with Crippen molar-refractivity contribution in [1.82, 2.24) is 24.4 Å². The van der Waals surface area contributed by atoms with Gasteiger partial charge in [0.05, 0.1) is 0 Å². The smallest absolute Gasteiger partial charge is 0.285 e. The number of hydrogen-bond acceptors (Lipinski definition) is 4. The average Bonchev–Trinajstić information content (AvgIpc) is 3.33.